The minimum Gasteiger partial charge on any atom is -0.460 e. The SMILES string of the molecule is Cn1cc(-c2ccccc2Oc2cc(N3CCC(Oc4ncc(F)c(N)n4)CC3)ncn2)cn1.Nc1nc(OC2CCN(c3cc(Oc4ccccc4Br)ncn3)CC2)ncc1F. The predicted molar refractivity (Wildman–Crippen MR) is 232 cm³/mol. The molecule has 0 unspecified atom stereocenters. The van der Waals surface area contributed by atoms with Crippen LogP contribution in [0.3, 0.4) is 0 Å². The number of anilines is 4. The Morgan fingerprint density at radius 1 is 0.635 bits per heavy atom. The van der Waals surface area contributed by atoms with Crippen molar-refractivity contribution >= 4 is 39.2 Å². The van der Waals surface area contributed by atoms with Crippen molar-refractivity contribution in [2.45, 2.75) is 37.9 Å². The minimum absolute atomic E-state index is 0.0751. The summed E-state index contributed by atoms with van der Waals surface area (Å²) >= 11 is 3.46. The summed E-state index contributed by atoms with van der Waals surface area (Å²) in [6.45, 7) is 2.88. The summed E-state index contributed by atoms with van der Waals surface area (Å²) in [5, 5.41) is 4.24. The number of hydrogen-bond donors (Lipinski definition) is 2. The molecule has 0 saturated carbocycles. The van der Waals surface area contributed by atoms with Gasteiger partial charge < -0.3 is 40.2 Å². The largest absolute Gasteiger partial charge is 0.460 e. The first-order valence-electron chi connectivity index (χ1n) is 19.8. The Balaban J connectivity index is 0.000000175. The molecule has 2 saturated heterocycles. The summed E-state index contributed by atoms with van der Waals surface area (Å²) in [7, 11) is 1.88. The molecule has 0 aliphatic carbocycles. The standard InChI is InChI=1S/C23H23FN8O2.C19H18BrFN6O2/c1-31-13-15(11-29-31)17-4-2-3-5-19(17)34-21-10-20(27-14-28-21)32-8-6-16(7-9-32)33-23-26-12-18(24)22(25)30-23;20-13-3-1-2-4-15(13)29-17-9-16(24-11-25-17)27-7-5-12(6-8-27)28-19-23-10-14(21)18(22)26-19/h2-5,10-14,16H,6-9H2,1H3,(H2,25,26,30);1-4,9-12H,5-8H2,(H2,22,23,26). The first-order chi connectivity index (χ1) is 30.6. The van der Waals surface area contributed by atoms with Gasteiger partial charge in [-0.05, 0) is 34.1 Å². The second kappa shape index (κ2) is 19.6. The lowest BCUT2D eigenvalue weighted by Gasteiger charge is -2.32. The lowest BCUT2D eigenvalue weighted by Crippen LogP contribution is -2.39. The molecule has 5 aromatic heterocycles. The van der Waals surface area contributed by atoms with Gasteiger partial charge in [0.25, 0.3) is 0 Å². The third kappa shape index (κ3) is 11.0. The van der Waals surface area contributed by atoms with Crippen LogP contribution in [-0.4, -0.2) is 88.0 Å². The molecule has 2 aliphatic heterocycles. The number of aryl methyl sites for hydroxylation is 1. The van der Waals surface area contributed by atoms with E-state index in [9.17, 15) is 8.78 Å². The van der Waals surface area contributed by atoms with Gasteiger partial charge in [-0.3, -0.25) is 4.68 Å². The molecule has 0 radical (unpaired) electrons. The van der Waals surface area contributed by atoms with E-state index in [2.05, 4.69) is 70.7 Å². The zero-order chi connectivity index (χ0) is 43.7. The number of nitrogens with zero attached hydrogens (tertiary/aromatic N) is 12. The van der Waals surface area contributed by atoms with E-state index in [1.165, 1.54) is 12.7 Å². The molecule has 2 aromatic carbocycles. The molecule has 63 heavy (non-hydrogen) atoms. The number of hydrogen-bond acceptors (Lipinski definition) is 17. The lowest BCUT2D eigenvalue weighted by atomic mass is 10.1. The Morgan fingerprint density at radius 3 is 1.62 bits per heavy atom. The first kappa shape index (κ1) is 42.4. The molecule has 21 heteroatoms. The van der Waals surface area contributed by atoms with Gasteiger partial charge >= 0.3 is 12.0 Å². The average molecular weight is 924 g/mol. The summed E-state index contributed by atoms with van der Waals surface area (Å²) in [5.41, 5.74) is 12.8. The van der Waals surface area contributed by atoms with Gasteiger partial charge in [0.1, 0.15) is 48.0 Å². The monoisotopic (exact) mass is 922 g/mol. The third-order valence-electron chi connectivity index (χ3n) is 10.00. The molecule has 2 fully saturated rings. The van der Waals surface area contributed by atoms with Crippen molar-refractivity contribution in [1.29, 1.82) is 0 Å². The number of rotatable bonds is 11. The molecule has 18 nitrogen and oxygen atoms in total. The Labute approximate surface area is 368 Å². The second-order valence-corrected chi connectivity index (χ2v) is 15.2. The number of nitrogen functional groups attached to an aromatic ring is 2. The van der Waals surface area contributed by atoms with Crippen LogP contribution in [0.25, 0.3) is 11.1 Å². The second-order valence-electron chi connectivity index (χ2n) is 14.3. The summed E-state index contributed by atoms with van der Waals surface area (Å²) in [5.74, 6) is 2.09. The molecule has 4 N–H and O–H groups in total. The molecule has 324 valence electrons. The average Bonchev–Trinajstić information content (AvgIpc) is 3.74. The van der Waals surface area contributed by atoms with Crippen LogP contribution in [0.1, 0.15) is 25.7 Å². The normalized spacial score (nSPS) is 14.4. The molecular weight excluding hydrogens is 882 g/mol. The van der Waals surface area contributed by atoms with Gasteiger partial charge in [-0.2, -0.15) is 15.1 Å². The number of aromatic nitrogens is 10. The van der Waals surface area contributed by atoms with Crippen LogP contribution in [0.4, 0.5) is 32.1 Å². The van der Waals surface area contributed by atoms with Crippen molar-refractivity contribution in [3.63, 3.8) is 0 Å². The van der Waals surface area contributed by atoms with Crippen molar-refractivity contribution in [2.24, 2.45) is 7.05 Å². The van der Waals surface area contributed by atoms with Gasteiger partial charge in [0.05, 0.1) is 23.1 Å². The quantitative estimate of drug-likeness (QED) is 0.136. The highest BCUT2D eigenvalue weighted by Gasteiger charge is 2.25. The van der Waals surface area contributed by atoms with E-state index in [0.717, 1.165) is 78.4 Å². The molecule has 0 amide bonds. The Morgan fingerprint density at radius 2 is 1.13 bits per heavy atom. The molecule has 7 heterocycles. The van der Waals surface area contributed by atoms with Crippen molar-refractivity contribution in [3.05, 3.63) is 114 Å². The van der Waals surface area contributed by atoms with Gasteiger partial charge in [-0.25, -0.2) is 38.7 Å². The van der Waals surface area contributed by atoms with Crippen LogP contribution in [0.2, 0.25) is 0 Å². The topological polar surface area (TPSA) is 216 Å². The predicted octanol–water partition coefficient (Wildman–Crippen LogP) is 6.82. The summed E-state index contributed by atoms with van der Waals surface area (Å²) in [6, 6.07) is 19.1. The molecule has 0 atom stereocenters. The lowest BCUT2D eigenvalue weighted by molar-refractivity contribution is 0.156. The van der Waals surface area contributed by atoms with E-state index in [-0.39, 0.29) is 35.9 Å². The highest BCUT2D eigenvalue weighted by molar-refractivity contribution is 9.10. The molecular formula is C42H41BrF2N14O4. The van der Waals surface area contributed by atoms with Crippen LogP contribution in [-0.2, 0) is 7.05 Å². The van der Waals surface area contributed by atoms with Gasteiger partial charge in [0.15, 0.2) is 23.3 Å². The van der Waals surface area contributed by atoms with E-state index in [4.69, 9.17) is 30.4 Å². The van der Waals surface area contributed by atoms with Gasteiger partial charge in [0, 0.05) is 88.4 Å². The third-order valence-corrected chi connectivity index (χ3v) is 10.7. The highest BCUT2D eigenvalue weighted by Crippen LogP contribution is 2.34. The van der Waals surface area contributed by atoms with E-state index in [1.54, 1.807) is 10.9 Å². The van der Waals surface area contributed by atoms with E-state index >= 15 is 0 Å². The zero-order valence-corrected chi connectivity index (χ0v) is 35.4. The fraction of sp³-hybridized carbons (Fsp3) is 0.262. The van der Waals surface area contributed by atoms with Crippen molar-refractivity contribution in [1.82, 2.24) is 49.7 Å². The van der Waals surface area contributed by atoms with E-state index in [1.807, 2.05) is 73.9 Å². The molecule has 0 spiro atoms. The summed E-state index contributed by atoms with van der Waals surface area (Å²) in [6.07, 6.45) is 11.5. The minimum atomic E-state index is -0.660. The van der Waals surface area contributed by atoms with E-state index in [0.29, 0.717) is 36.3 Å². The number of benzene rings is 2. The van der Waals surface area contributed by atoms with Gasteiger partial charge in [-0.1, -0.05) is 30.3 Å². The number of para-hydroxylation sites is 2. The first-order valence-corrected chi connectivity index (χ1v) is 20.6. The van der Waals surface area contributed by atoms with Crippen molar-refractivity contribution in [2.75, 3.05) is 47.4 Å². The maximum atomic E-state index is 13.3. The molecule has 7 aromatic rings. The maximum absolute atomic E-state index is 13.3. The molecule has 0 bridgehead atoms. The van der Waals surface area contributed by atoms with E-state index < -0.39 is 11.6 Å². The van der Waals surface area contributed by atoms with Crippen LogP contribution in [0.15, 0.2) is 103 Å². The van der Waals surface area contributed by atoms with Crippen LogP contribution in [0, 0.1) is 11.6 Å². The van der Waals surface area contributed by atoms with Gasteiger partial charge in [-0.15, -0.1) is 0 Å². The fourth-order valence-electron chi connectivity index (χ4n) is 6.77. The summed E-state index contributed by atoms with van der Waals surface area (Å²) < 4.78 is 52.5. The number of piperidine rings is 2. The fourth-order valence-corrected chi connectivity index (χ4v) is 7.13. The van der Waals surface area contributed by atoms with Crippen LogP contribution >= 0.6 is 15.9 Å². The van der Waals surface area contributed by atoms with Crippen LogP contribution < -0.4 is 40.2 Å². The Kier molecular flexibility index (Phi) is 13.2. The van der Waals surface area contributed by atoms with Crippen LogP contribution in [0.5, 0.6) is 35.3 Å². The number of halogens is 3. The molecule has 9 rings (SSSR count). The zero-order valence-electron chi connectivity index (χ0n) is 33.8. The van der Waals surface area contributed by atoms with Gasteiger partial charge in [0.2, 0.25) is 11.8 Å². The highest BCUT2D eigenvalue weighted by atomic mass is 79.9. The smallest absolute Gasteiger partial charge is 0.318 e. The Bertz CT molecular complexity index is 2650. The van der Waals surface area contributed by atoms with Crippen molar-refractivity contribution in [3.8, 4) is 46.4 Å². The van der Waals surface area contributed by atoms with Crippen molar-refractivity contribution < 1.29 is 27.7 Å². The summed E-state index contributed by atoms with van der Waals surface area (Å²) in [4.78, 5) is 36.9. The Hall–Kier alpha value is -7.29. The number of nitrogens with two attached hydrogens (primary N) is 2. The molecule has 2 aliphatic rings. The number of ether oxygens (including phenoxy) is 4. The maximum Gasteiger partial charge on any atom is 0.318 e.